The van der Waals surface area contributed by atoms with Crippen LogP contribution in [0.1, 0.15) is 18.2 Å². The van der Waals surface area contributed by atoms with E-state index >= 15 is 0 Å². The van der Waals surface area contributed by atoms with E-state index in [1.54, 1.807) is 10.8 Å². The van der Waals surface area contributed by atoms with Gasteiger partial charge in [-0.2, -0.15) is 8.62 Å². The predicted molar refractivity (Wildman–Crippen MR) is 137 cm³/mol. The summed E-state index contributed by atoms with van der Waals surface area (Å²) >= 11 is 0. The molecule has 0 amide bonds. The Morgan fingerprint density at radius 3 is 2.61 bits per heavy atom. The second-order valence-electron chi connectivity index (χ2n) is 7.27. The Morgan fingerprint density at radius 2 is 1.95 bits per heavy atom. The van der Waals surface area contributed by atoms with E-state index in [9.17, 15) is 23.5 Å². The Morgan fingerprint density at radius 1 is 1.21 bits per heavy atom. The van der Waals surface area contributed by atoms with Crippen LogP contribution in [-0.2, 0) is 36.3 Å². The Kier molecular flexibility index (Phi) is 10.8. The van der Waals surface area contributed by atoms with Crippen molar-refractivity contribution in [2.24, 2.45) is 5.73 Å². The number of nitrogen functional groups attached to an aromatic ring is 1. The van der Waals surface area contributed by atoms with Crippen LogP contribution in [0.3, 0.4) is 0 Å². The minimum Gasteiger partial charge on any atom is -0.383 e. The number of rotatable bonds is 12. The summed E-state index contributed by atoms with van der Waals surface area (Å²) in [5.41, 5.74) is 12.4. The normalized spacial score (nSPS) is 23.1. The molecular weight excluding hydrogens is 611 g/mol. The van der Waals surface area contributed by atoms with E-state index in [1.807, 2.05) is 6.26 Å². The van der Waals surface area contributed by atoms with E-state index in [2.05, 4.69) is 30.4 Å². The van der Waals surface area contributed by atoms with Crippen LogP contribution < -0.4 is 11.5 Å². The highest BCUT2D eigenvalue weighted by Crippen LogP contribution is 2.66. The Hall–Kier alpha value is -1.03. The minimum absolute atomic E-state index is 0.103. The zero-order chi connectivity index (χ0) is 28.1. The molecule has 3 heterocycles. The zero-order valence-corrected chi connectivity index (χ0v) is 23.7. The topological polar surface area (TPSA) is 261 Å². The molecule has 17 nitrogen and oxygen atoms in total. The quantitative estimate of drug-likeness (QED) is 0.0631. The lowest BCUT2D eigenvalue weighted by Gasteiger charge is -2.21. The summed E-state index contributed by atoms with van der Waals surface area (Å²) < 4.78 is 60.3. The van der Waals surface area contributed by atoms with Crippen LogP contribution in [0.4, 0.5) is 5.82 Å². The van der Waals surface area contributed by atoms with Crippen LogP contribution >= 0.6 is 45.1 Å². The number of nitrogens with two attached hydrogens (primary N) is 2. The third kappa shape index (κ3) is 8.73. The van der Waals surface area contributed by atoms with Crippen molar-refractivity contribution >= 4 is 61.9 Å². The Balaban J connectivity index is 1.82. The summed E-state index contributed by atoms with van der Waals surface area (Å²) in [5.74, 6) is 6.05. The van der Waals surface area contributed by atoms with Crippen LogP contribution in [0.5, 0.6) is 0 Å². The van der Waals surface area contributed by atoms with E-state index in [1.165, 1.54) is 27.9 Å². The molecule has 0 radical (unpaired) electrons. The number of phosphoric acid groups is 3. The average Bonchev–Trinajstić information content (AvgIpc) is 3.36. The van der Waals surface area contributed by atoms with Gasteiger partial charge in [0.2, 0.25) is 0 Å². The van der Waals surface area contributed by atoms with E-state index in [4.69, 9.17) is 35.3 Å². The maximum atomic E-state index is 12.2. The van der Waals surface area contributed by atoms with E-state index in [-0.39, 0.29) is 24.7 Å². The molecule has 38 heavy (non-hydrogen) atoms. The molecule has 1 aliphatic heterocycles. The summed E-state index contributed by atoms with van der Waals surface area (Å²) in [5, 5.41) is 0.476. The highest BCUT2D eigenvalue weighted by atomic mass is 33.1. The van der Waals surface area contributed by atoms with E-state index in [0.717, 1.165) is 0 Å². The van der Waals surface area contributed by atoms with Gasteiger partial charge in [-0.1, -0.05) is 33.4 Å². The van der Waals surface area contributed by atoms with Gasteiger partial charge in [-0.05, 0) is 6.26 Å². The van der Waals surface area contributed by atoms with Gasteiger partial charge in [0.15, 0.2) is 0 Å². The van der Waals surface area contributed by atoms with Crippen molar-refractivity contribution in [2.45, 2.75) is 24.9 Å². The highest BCUT2D eigenvalue weighted by molar-refractivity contribution is 8.76. The predicted octanol–water partition coefficient (Wildman–Crippen LogP) is 1.31. The molecule has 2 aromatic rings. The molecule has 5 atom stereocenters. The number of hydrogen-bond acceptors (Lipinski definition) is 14. The van der Waals surface area contributed by atoms with Crippen LogP contribution in [0.2, 0.25) is 0 Å². The van der Waals surface area contributed by atoms with Crippen molar-refractivity contribution in [1.82, 2.24) is 14.5 Å². The lowest BCUT2D eigenvalue weighted by Crippen LogP contribution is -2.28. The fraction of sp³-hybridized carbons (Fsp3) is 0.500. The van der Waals surface area contributed by atoms with Gasteiger partial charge in [0.05, 0.1) is 30.2 Å². The first-order chi connectivity index (χ1) is 17.8. The fourth-order valence-electron chi connectivity index (χ4n) is 3.40. The largest absolute Gasteiger partial charge is 0.490 e. The van der Waals surface area contributed by atoms with E-state index < -0.39 is 48.5 Å². The van der Waals surface area contributed by atoms with Gasteiger partial charge in [-0.15, -0.1) is 0 Å². The van der Waals surface area contributed by atoms with Crippen molar-refractivity contribution in [3.63, 3.8) is 0 Å². The Bertz CT molecular complexity index is 1350. The first kappa shape index (κ1) is 31.5. The molecule has 22 heteroatoms. The molecule has 8 N–H and O–H groups in total. The highest BCUT2D eigenvalue weighted by Gasteiger charge is 2.43. The molecule has 1 fully saturated rings. The fourth-order valence-corrected chi connectivity index (χ4v) is 7.21. The van der Waals surface area contributed by atoms with Crippen LogP contribution in [0.15, 0.2) is 12.5 Å². The molecule has 212 valence electrons. The molecular formula is C16H24N5O12P3S2. The molecule has 2 unspecified atom stereocenters. The third-order valence-electron chi connectivity index (χ3n) is 4.72. The monoisotopic (exact) mass is 635 g/mol. The van der Waals surface area contributed by atoms with Gasteiger partial charge in [0, 0.05) is 12.6 Å². The van der Waals surface area contributed by atoms with Gasteiger partial charge in [0.1, 0.15) is 36.1 Å². The van der Waals surface area contributed by atoms with Crippen molar-refractivity contribution < 1.29 is 55.9 Å². The molecule has 3 rings (SSSR count). The van der Waals surface area contributed by atoms with Crippen LogP contribution in [0, 0.1) is 11.8 Å². The van der Waals surface area contributed by atoms with Gasteiger partial charge < -0.3 is 45.1 Å². The summed E-state index contributed by atoms with van der Waals surface area (Å²) in [7, 11) is -13.7. The molecule has 0 saturated carbocycles. The summed E-state index contributed by atoms with van der Waals surface area (Å²) in [6.07, 6.45) is 2.54. The van der Waals surface area contributed by atoms with Gasteiger partial charge >= 0.3 is 23.5 Å². The molecule has 0 aromatic carbocycles. The number of hydrogen-bond donors (Lipinski definition) is 6. The summed E-state index contributed by atoms with van der Waals surface area (Å²) in [6.45, 7) is -0.573. The van der Waals surface area contributed by atoms with Crippen molar-refractivity contribution in [3.05, 3.63) is 18.1 Å². The maximum absolute atomic E-state index is 12.2. The first-order valence-corrected chi connectivity index (χ1v) is 17.5. The number of ether oxygens (including phenoxy) is 2. The first-order valence-electron chi connectivity index (χ1n) is 10.3. The maximum Gasteiger partial charge on any atom is 0.490 e. The lowest BCUT2D eigenvalue weighted by molar-refractivity contribution is -0.0520. The number of anilines is 1. The van der Waals surface area contributed by atoms with E-state index in [0.29, 0.717) is 16.6 Å². The van der Waals surface area contributed by atoms with Crippen LogP contribution in [0.25, 0.3) is 11.0 Å². The molecule has 0 spiro atoms. The smallest absolute Gasteiger partial charge is 0.383 e. The second kappa shape index (κ2) is 13.1. The summed E-state index contributed by atoms with van der Waals surface area (Å²) in [4.78, 5) is 44.8. The zero-order valence-electron chi connectivity index (χ0n) is 19.4. The number of nitrogens with zero attached hydrogens (tertiary/aromatic N) is 3. The third-order valence-corrected chi connectivity index (χ3v) is 9.99. The van der Waals surface area contributed by atoms with Crippen molar-refractivity contribution in [3.8, 4) is 11.8 Å². The van der Waals surface area contributed by atoms with Crippen LogP contribution in [-0.4, -0.2) is 71.7 Å². The summed E-state index contributed by atoms with van der Waals surface area (Å²) in [6, 6.07) is 0. The van der Waals surface area contributed by atoms with Gasteiger partial charge in [-0.3, -0.25) is 4.52 Å². The van der Waals surface area contributed by atoms with Crippen molar-refractivity contribution in [1.29, 1.82) is 0 Å². The standard InChI is InChI=1S/C16H24N5O12P3S2/c1-37-38-9-29-11-5-13(21-6-10(3-2-4-17)14-15(18)19-8-20-16(14)21)31-12(11)7-30-35(25,26)33-36(27,28)32-34(22,23)24/h6,8,11-13H,4-5,7,9,17H2,1H3,(H,25,26)(H,27,28)(H2,18,19,20)(H2,22,23,24)/t11-,12+,13+/m0/s1. The molecule has 1 aliphatic rings. The number of fused-ring (bicyclic) bond motifs is 1. The lowest BCUT2D eigenvalue weighted by atomic mass is 10.2. The molecule has 0 aliphatic carbocycles. The number of phosphoric ester groups is 1. The average molecular weight is 635 g/mol. The second-order valence-corrected chi connectivity index (χ2v) is 14.2. The van der Waals surface area contributed by atoms with Gasteiger partial charge in [-0.25, -0.2) is 23.7 Å². The Labute approximate surface area is 223 Å². The molecule has 1 saturated heterocycles. The van der Waals surface area contributed by atoms with Crippen molar-refractivity contribution in [2.75, 3.05) is 31.1 Å². The molecule has 2 aromatic heterocycles. The van der Waals surface area contributed by atoms with Gasteiger partial charge in [0.25, 0.3) is 0 Å². The minimum atomic E-state index is -5.66. The molecule has 0 bridgehead atoms. The number of aromatic nitrogens is 3. The SMILES string of the molecule is CSSCO[C@H]1C[C@H](n2cc(C#CCN)c3c(N)ncnc32)O[C@@H]1COP(=O)(O)OP(=O)(O)OP(=O)(O)O.